The predicted octanol–water partition coefficient (Wildman–Crippen LogP) is -0.582. The average Bonchev–Trinajstić information content (AvgIpc) is 2.84. The van der Waals surface area contributed by atoms with Gasteiger partial charge in [0.15, 0.2) is 0 Å². The van der Waals surface area contributed by atoms with Crippen molar-refractivity contribution in [2.45, 2.75) is 6.42 Å². The molecule has 0 aromatic carbocycles. The van der Waals surface area contributed by atoms with Crippen molar-refractivity contribution in [3.05, 3.63) is 5.69 Å². The number of hydrogen-bond acceptors (Lipinski definition) is 6. The van der Waals surface area contributed by atoms with Crippen LogP contribution in [-0.2, 0) is 4.74 Å². The van der Waals surface area contributed by atoms with Gasteiger partial charge in [-0.25, -0.2) is 4.63 Å². The van der Waals surface area contributed by atoms with Crippen LogP contribution in [-0.4, -0.2) is 36.0 Å². The number of hydrogen-bond donors (Lipinski definition) is 2. The highest BCUT2D eigenvalue weighted by molar-refractivity contribution is 5.95. The van der Waals surface area contributed by atoms with E-state index >= 15 is 0 Å². The van der Waals surface area contributed by atoms with Gasteiger partial charge in [-0.1, -0.05) is 0 Å². The van der Waals surface area contributed by atoms with Crippen molar-refractivity contribution < 1.29 is 14.2 Å². The quantitative estimate of drug-likeness (QED) is 0.694. The van der Waals surface area contributed by atoms with Crippen LogP contribution in [0.25, 0.3) is 0 Å². The summed E-state index contributed by atoms with van der Waals surface area (Å²) < 4.78 is 9.51. The van der Waals surface area contributed by atoms with Crippen molar-refractivity contribution in [3.63, 3.8) is 0 Å². The Morgan fingerprint density at radius 1 is 1.60 bits per heavy atom. The zero-order chi connectivity index (χ0) is 10.7. The molecule has 0 saturated carbocycles. The van der Waals surface area contributed by atoms with Crippen LogP contribution in [0.1, 0.15) is 16.9 Å². The van der Waals surface area contributed by atoms with E-state index in [4.69, 9.17) is 10.5 Å². The first-order chi connectivity index (χ1) is 7.27. The molecular formula is C8H12N4O3. The van der Waals surface area contributed by atoms with Gasteiger partial charge in [-0.2, -0.15) is 0 Å². The van der Waals surface area contributed by atoms with Crippen molar-refractivity contribution in [2.24, 2.45) is 5.92 Å². The molecule has 0 spiro atoms. The van der Waals surface area contributed by atoms with Gasteiger partial charge >= 0.3 is 0 Å². The second-order valence-electron chi connectivity index (χ2n) is 3.44. The molecule has 1 amide bonds. The predicted molar refractivity (Wildman–Crippen MR) is 50.0 cm³/mol. The zero-order valence-corrected chi connectivity index (χ0v) is 8.10. The molecule has 1 aliphatic heterocycles. The number of carbonyl (C=O) groups excluding carboxylic acids is 1. The van der Waals surface area contributed by atoms with Gasteiger partial charge in [0.25, 0.3) is 5.91 Å². The average molecular weight is 212 g/mol. The van der Waals surface area contributed by atoms with Crippen LogP contribution in [0, 0.1) is 5.92 Å². The maximum atomic E-state index is 11.5. The lowest BCUT2D eigenvalue weighted by atomic mass is 10.1. The molecule has 1 fully saturated rings. The lowest BCUT2D eigenvalue weighted by molar-refractivity contribution is 0.0935. The van der Waals surface area contributed by atoms with E-state index in [9.17, 15) is 4.79 Å². The molecule has 3 N–H and O–H groups in total. The monoisotopic (exact) mass is 212 g/mol. The molecule has 82 valence electrons. The fraction of sp³-hybridized carbons (Fsp3) is 0.625. The van der Waals surface area contributed by atoms with Crippen molar-refractivity contribution in [1.29, 1.82) is 0 Å². The van der Waals surface area contributed by atoms with Crippen molar-refractivity contribution in [1.82, 2.24) is 15.6 Å². The van der Waals surface area contributed by atoms with Crippen LogP contribution in [0.4, 0.5) is 5.82 Å². The third-order valence-corrected chi connectivity index (χ3v) is 2.30. The number of nitrogens with two attached hydrogens (primary N) is 1. The molecule has 1 aliphatic rings. The summed E-state index contributed by atoms with van der Waals surface area (Å²) in [5.74, 6) is 0.0193. The molecule has 0 bridgehead atoms. The zero-order valence-electron chi connectivity index (χ0n) is 8.10. The molecule has 7 heteroatoms. The van der Waals surface area contributed by atoms with Crippen LogP contribution >= 0.6 is 0 Å². The number of nitrogens with one attached hydrogen (secondary N) is 1. The number of anilines is 1. The minimum absolute atomic E-state index is 0.00942. The molecule has 1 aromatic rings. The standard InChI is InChI=1S/C8H12N4O3/c9-7-6(11-15-12-7)8(13)10-3-5-1-2-14-4-5/h5H,1-4H2,(H2,9,12)(H,10,13). The highest BCUT2D eigenvalue weighted by atomic mass is 16.6. The van der Waals surface area contributed by atoms with Crippen molar-refractivity contribution in [3.8, 4) is 0 Å². The number of amides is 1. The SMILES string of the molecule is Nc1nonc1C(=O)NCC1CCOC1. The Morgan fingerprint density at radius 2 is 2.47 bits per heavy atom. The van der Waals surface area contributed by atoms with E-state index in [1.165, 1.54) is 0 Å². The summed E-state index contributed by atoms with van der Waals surface area (Å²) in [7, 11) is 0. The van der Waals surface area contributed by atoms with Crippen molar-refractivity contribution >= 4 is 11.7 Å². The van der Waals surface area contributed by atoms with Gasteiger partial charge in [-0.05, 0) is 16.7 Å². The molecule has 2 rings (SSSR count). The normalized spacial score (nSPS) is 20.4. The molecule has 1 unspecified atom stereocenters. The van der Waals surface area contributed by atoms with E-state index in [0.717, 1.165) is 13.0 Å². The second kappa shape index (κ2) is 4.26. The van der Waals surface area contributed by atoms with Gasteiger partial charge in [0.2, 0.25) is 11.5 Å². The largest absolute Gasteiger partial charge is 0.381 e. The first-order valence-electron chi connectivity index (χ1n) is 4.71. The van der Waals surface area contributed by atoms with Crippen LogP contribution in [0.3, 0.4) is 0 Å². The third kappa shape index (κ3) is 2.24. The van der Waals surface area contributed by atoms with Crippen LogP contribution in [0.5, 0.6) is 0 Å². The lowest BCUT2D eigenvalue weighted by Gasteiger charge is -2.07. The number of nitrogens with zero attached hydrogens (tertiary/aromatic N) is 2. The van der Waals surface area contributed by atoms with Gasteiger partial charge in [0.1, 0.15) is 0 Å². The summed E-state index contributed by atoms with van der Waals surface area (Å²) in [4.78, 5) is 11.5. The number of ether oxygens (including phenoxy) is 1. The van der Waals surface area contributed by atoms with E-state index in [0.29, 0.717) is 19.1 Å². The van der Waals surface area contributed by atoms with E-state index in [1.807, 2.05) is 0 Å². The van der Waals surface area contributed by atoms with E-state index in [2.05, 4.69) is 20.3 Å². The molecule has 1 saturated heterocycles. The Labute approximate surface area is 85.9 Å². The molecule has 1 atom stereocenters. The van der Waals surface area contributed by atoms with E-state index in [1.54, 1.807) is 0 Å². The summed E-state index contributed by atoms with van der Waals surface area (Å²) in [6, 6.07) is 0. The highest BCUT2D eigenvalue weighted by Gasteiger charge is 2.19. The van der Waals surface area contributed by atoms with Gasteiger partial charge in [-0.3, -0.25) is 4.79 Å². The molecule has 7 nitrogen and oxygen atoms in total. The Balaban J connectivity index is 1.84. The number of carbonyl (C=O) groups is 1. The molecule has 15 heavy (non-hydrogen) atoms. The van der Waals surface area contributed by atoms with Crippen molar-refractivity contribution in [2.75, 3.05) is 25.5 Å². The minimum Gasteiger partial charge on any atom is -0.381 e. The molecule has 2 heterocycles. The highest BCUT2D eigenvalue weighted by Crippen LogP contribution is 2.11. The second-order valence-corrected chi connectivity index (χ2v) is 3.44. The van der Waals surface area contributed by atoms with Crippen LogP contribution < -0.4 is 11.1 Å². The summed E-state index contributed by atoms with van der Waals surface area (Å²) in [6.45, 7) is 2.01. The number of nitrogen functional groups attached to an aromatic ring is 1. The van der Waals surface area contributed by atoms with Gasteiger partial charge < -0.3 is 15.8 Å². The Morgan fingerprint density at radius 3 is 3.07 bits per heavy atom. The molecular weight excluding hydrogens is 200 g/mol. The summed E-state index contributed by atoms with van der Waals surface area (Å²) in [6.07, 6.45) is 0.965. The smallest absolute Gasteiger partial charge is 0.277 e. The first-order valence-corrected chi connectivity index (χ1v) is 4.71. The van der Waals surface area contributed by atoms with Gasteiger partial charge in [0.05, 0.1) is 6.61 Å². The number of rotatable bonds is 3. The summed E-state index contributed by atoms with van der Waals surface area (Å²) in [5.41, 5.74) is 5.41. The molecule has 0 radical (unpaired) electrons. The topological polar surface area (TPSA) is 103 Å². The van der Waals surface area contributed by atoms with Crippen LogP contribution in [0.2, 0.25) is 0 Å². The molecule has 1 aromatic heterocycles. The van der Waals surface area contributed by atoms with E-state index in [-0.39, 0.29) is 17.4 Å². The van der Waals surface area contributed by atoms with Crippen LogP contribution in [0.15, 0.2) is 4.63 Å². The Bertz CT molecular complexity index is 345. The maximum absolute atomic E-state index is 11.5. The van der Waals surface area contributed by atoms with Gasteiger partial charge in [0, 0.05) is 19.1 Å². The minimum atomic E-state index is -0.361. The van der Waals surface area contributed by atoms with E-state index < -0.39 is 0 Å². The maximum Gasteiger partial charge on any atom is 0.277 e. The van der Waals surface area contributed by atoms with Gasteiger partial charge in [-0.15, -0.1) is 0 Å². The third-order valence-electron chi connectivity index (χ3n) is 2.30. The number of aromatic nitrogens is 2. The Kier molecular flexibility index (Phi) is 2.82. The summed E-state index contributed by atoms with van der Waals surface area (Å²) >= 11 is 0. The lowest BCUT2D eigenvalue weighted by Crippen LogP contribution is -2.30. The summed E-state index contributed by atoms with van der Waals surface area (Å²) in [5, 5.41) is 9.44. The fourth-order valence-corrected chi connectivity index (χ4v) is 1.42. The fourth-order valence-electron chi connectivity index (χ4n) is 1.42. The molecule has 0 aliphatic carbocycles. The first kappa shape index (κ1) is 9.91. The Hall–Kier alpha value is -1.63.